The van der Waals surface area contributed by atoms with Crippen molar-refractivity contribution >= 4 is 11.9 Å². The van der Waals surface area contributed by atoms with Crippen LogP contribution in [-0.2, 0) is 14.3 Å². The van der Waals surface area contributed by atoms with Crippen molar-refractivity contribution in [3.63, 3.8) is 0 Å². The Morgan fingerprint density at radius 3 is 0.823 bits per heavy atom. The lowest BCUT2D eigenvalue weighted by atomic mass is 10.0. The smallest absolute Gasteiger partial charge is 0.305 e. The number of carbonyl (C=O) groups is 2. The summed E-state index contributed by atoms with van der Waals surface area (Å²) in [6.45, 7) is 4.98. The van der Waals surface area contributed by atoms with Gasteiger partial charge in [0.2, 0.25) is 5.91 Å². The molecule has 0 aromatic heterocycles. The first-order chi connectivity index (χ1) is 47.5. The summed E-state index contributed by atoms with van der Waals surface area (Å²) in [7, 11) is 0. The molecule has 568 valence electrons. The zero-order valence-electron chi connectivity index (χ0n) is 65.4. The summed E-state index contributed by atoms with van der Waals surface area (Å²) in [6, 6.07) is -0.540. The molecule has 0 spiro atoms. The summed E-state index contributed by atoms with van der Waals surface area (Å²) in [6.07, 6.45) is 113. The quantitative estimate of drug-likeness (QED) is 0.0320. The predicted molar refractivity (Wildman–Crippen MR) is 426 cm³/mol. The standard InChI is InChI=1S/C90H173NO5/c1-3-5-7-9-11-13-15-17-19-21-22-23-41-44-47-51-54-58-62-66-70-74-78-82-88(93)87(86-92)91-89(94)83-79-75-71-67-63-59-55-52-48-45-42-39-37-35-33-31-29-27-25-24-26-28-30-32-34-36-38-40-43-46-49-53-57-61-65-69-73-77-81-85-96-90(95)84-80-76-72-68-64-60-56-50-20-18-16-14-12-10-8-6-4-2/h12,14,18,20,24-25,87-88,92-93H,3-11,13,15-17,19,21-23,26-86H2,1-2H3,(H,91,94)/b14-12-,20-18-,25-24-. The van der Waals surface area contributed by atoms with Gasteiger partial charge in [0.25, 0.3) is 0 Å². The first-order valence-corrected chi connectivity index (χ1v) is 44.2. The highest BCUT2D eigenvalue weighted by Crippen LogP contribution is 2.21. The van der Waals surface area contributed by atoms with Gasteiger partial charge in [0.15, 0.2) is 0 Å². The Bertz CT molecular complexity index is 1560. The van der Waals surface area contributed by atoms with Crippen LogP contribution in [0, 0.1) is 0 Å². The Morgan fingerprint density at radius 2 is 0.521 bits per heavy atom. The number of nitrogens with one attached hydrogen (secondary N) is 1. The molecule has 0 fully saturated rings. The molecule has 3 N–H and O–H groups in total. The summed E-state index contributed by atoms with van der Waals surface area (Å²) in [4.78, 5) is 24.7. The monoisotopic (exact) mass is 1350 g/mol. The van der Waals surface area contributed by atoms with Gasteiger partial charge in [-0.2, -0.15) is 0 Å². The molecule has 96 heavy (non-hydrogen) atoms. The van der Waals surface area contributed by atoms with Crippen molar-refractivity contribution in [1.29, 1.82) is 0 Å². The van der Waals surface area contributed by atoms with Gasteiger partial charge in [0.1, 0.15) is 0 Å². The molecule has 1 amide bonds. The van der Waals surface area contributed by atoms with Gasteiger partial charge in [0.05, 0.1) is 25.4 Å². The highest BCUT2D eigenvalue weighted by Gasteiger charge is 2.20. The molecular weight excluding hydrogens is 1170 g/mol. The average molecular weight is 1350 g/mol. The molecule has 0 bridgehead atoms. The van der Waals surface area contributed by atoms with Crippen LogP contribution in [0.5, 0.6) is 0 Å². The van der Waals surface area contributed by atoms with Crippen molar-refractivity contribution in [2.24, 2.45) is 0 Å². The number of aliphatic hydroxyl groups is 2. The number of rotatable bonds is 84. The molecule has 0 aromatic carbocycles. The topological polar surface area (TPSA) is 95.9 Å². The summed E-state index contributed by atoms with van der Waals surface area (Å²) in [5.74, 6) is -0.00900. The Morgan fingerprint density at radius 1 is 0.292 bits per heavy atom. The summed E-state index contributed by atoms with van der Waals surface area (Å²) in [5.41, 5.74) is 0. The maximum atomic E-state index is 12.6. The molecule has 0 radical (unpaired) electrons. The van der Waals surface area contributed by atoms with E-state index in [4.69, 9.17) is 4.74 Å². The lowest BCUT2D eigenvalue weighted by molar-refractivity contribution is -0.143. The fraction of sp³-hybridized carbons (Fsp3) is 0.911. The van der Waals surface area contributed by atoms with Crippen LogP contribution in [-0.4, -0.2) is 47.4 Å². The van der Waals surface area contributed by atoms with Crippen molar-refractivity contribution in [2.75, 3.05) is 13.2 Å². The molecule has 0 aromatic rings. The van der Waals surface area contributed by atoms with Gasteiger partial charge < -0.3 is 20.3 Å². The lowest BCUT2D eigenvalue weighted by Gasteiger charge is -2.22. The molecule has 0 aliphatic carbocycles. The highest BCUT2D eigenvalue weighted by molar-refractivity contribution is 5.76. The largest absolute Gasteiger partial charge is 0.466 e. The van der Waals surface area contributed by atoms with Gasteiger partial charge in [-0.3, -0.25) is 9.59 Å². The number of esters is 1. The van der Waals surface area contributed by atoms with E-state index in [2.05, 4.69) is 55.6 Å². The van der Waals surface area contributed by atoms with E-state index in [1.807, 2.05) is 0 Å². The van der Waals surface area contributed by atoms with Gasteiger partial charge in [0, 0.05) is 12.8 Å². The zero-order valence-corrected chi connectivity index (χ0v) is 65.4. The molecular formula is C90H173NO5. The zero-order chi connectivity index (χ0) is 69.1. The average Bonchev–Trinajstić information content (AvgIpc) is 3.15. The second kappa shape index (κ2) is 85.5. The maximum Gasteiger partial charge on any atom is 0.305 e. The van der Waals surface area contributed by atoms with E-state index in [9.17, 15) is 19.8 Å². The van der Waals surface area contributed by atoms with E-state index in [1.54, 1.807) is 0 Å². The maximum absolute atomic E-state index is 12.6. The van der Waals surface area contributed by atoms with Gasteiger partial charge in [-0.15, -0.1) is 0 Å². The number of carbonyl (C=O) groups excluding carboxylic acids is 2. The van der Waals surface area contributed by atoms with Gasteiger partial charge in [-0.1, -0.05) is 442 Å². The van der Waals surface area contributed by atoms with Crippen molar-refractivity contribution in [1.82, 2.24) is 5.32 Å². The Hall–Kier alpha value is -1.92. The highest BCUT2D eigenvalue weighted by atomic mass is 16.5. The van der Waals surface area contributed by atoms with E-state index in [0.29, 0.717) is 25.9 Å². The minimum Gasteiger partial charge on any atom is -0.466 e. The van der Waals surface area contributed by atoms with Crippen molar-refractivity contribution in [3.8, 4) is 0 Å². The third-order valence-electron chi connectivity index (χ3n) is 20.9. The molecule has 0 saturated heterocycles. The van der Waals surface area contributed by atoms with E-state index < -0.39 is 12.1 Å². The molecule has 0 saturated carbocycles. The van der Waals surface area contributed by atoms with Crippen molar-refractivity contribution in [2.45, 2.75) is 514 Å². The van der Waals surface area contributed by atoms with Gasteiger partial charge >= 0.3 is 5.97 Å². The third-order valence-corrected chi connectivity index (χ3v) is 20.9. The van der Waals surface area contributed by atoms with Crippen LogP contribution < -0.4 is 5.32 Å². The second-order valence-electron chi connectivity index (χ2n) is 30.6. The van der Waals surface area contributed by atoms with Crippen LogP contribution in [0.2, 0.25) is 0 Å². The predicted octanol–water partition coefficient (Wildman–Crippen LogP) is 29.7. The van der Waals surface area contributed by atoms with Crippen LogP contribution >= 0.6 is 0 Å². The number of hydrogen-bond donors (Lipinski definition) is 3. The Labute approximate surface area is 602 Å². The minimum absolute atomic E-state index is 0.0156. The third kappa shape index (κ3) is 81.0. The molecule has 0 rings (SSSR count). The van der Waals surface area contributed by atoms with Crippen molar-refractivity contribution < 1.29 is 24.5 Å². The van der Waals surface area contributed by atoms with Gasteiger partial charge in [-0.05, 0) is 83.5 Å². The summed E-state index contributed by atoms with van der Waals surface area (Å²) in [5, 5.41) is 23.5. The fourth-order valence-corrected chi connectivity index (χ4v) is 14.2. The SMILES string of the molecule is CCCCC/C=C\C/C=C\CCCCCCCCCC(=O)OCCCCCCCCCCCCCCCCCCCC/C=C\CCCCCCCCCCCCCCCCCCCC(=O)NC(CO)C(O)CCCCCCCCCCCCCCCCCCCCCCCCC. The number of amides is 1. The number of ether oxygens (including phenoxy) is 1. The minimum atomic E-state index is -0.663. The first-order valence-electron chi connectivity index (χ1n) is 44.2. The van der Waals surface area contributed by atoms with E-state index in [1.165, 1.54) is 417 Å². The number of hydrogen-bond acceptors (Lipinski definition) is 5. The normalized spacial score (nSPS) is 12.6. The summed E-state index contributed by atoms with van der Waals surface area (Å²) >= 11 is 0. The summed E-state index contributed by atoms with van der Waals surface area (Å²) < 4.78 is 5.51. The molecule has 0 aliphatic rings. The fourth-order valence-electron chi connectivity index (χ4n) is 14.2. The molecule has 6 heteroatoms. The Kier molecular flexibility index (Phi) is 83.8. The molecule has 0 aliphatic heterocycles. The van der Waals surface area contributed by atoms with E-state index in [0.717, 1.165) is 51.4 Å². The lowest BCUT2D eigenvalue weighted by Crippen LogP contribution is -2.45. The van der Waals surface area contributed by atoms with E-state index in [-0.39, 0.29) is 18.5 Å². The second-order valence-corrected chi connectivity index (χ2v) is 30.6. The molecule has 6 nitrogen and oxygen atoms in total. The number of allylic oxidation sites excluding steroid dienone is 6. The molecule has 2 atom stereocenters. The van der Waals surface area contributed by atoms with Crippen LogP contribution in [0.1, 0.15) is 502 Å². The van der Waals surface area contributed by atoms with E-state index >= 15 is 0 Å². The van der Waals surface area contributed by atoms with Gasteiger partial charge in [-0.25, -0.2) is 0 Å². The molecule has 0 heterocycles. The van der Waals surface area contributed by atoms with Crippen LogP contribution in [0.15, 0.2) is 36.5 Å². The van der Waals surface area contributed by atoms with Crippen LogP contribution in [0.4, 0.5) is 0 Å². The van der Waals surface area contributed by atoms with Crippen molar-refractivity contribution in [3.05, 3.63) is 36.5 Å². The number of aliphatic hydroxyl groups excluding tert-OH is 2. The van der Waals surface area contributed by atoms with Crippen LogP contribution in [0.3, 0.4) is 0 Å². The first kappa shape index (κ1) is 94.1. The van der Waals surface area contributed by atoms with Crippen LogP contribution in [0.25, 0.3) is 0 Å². The Balaban J connectivity index is 3.33. The molecule has 2 unspecified atom stereocenters. The number of unbranched alkanes of at least 4 members (excludes halogenated alkanes) is 67.